The molecule has 1 N–H and O–H groups in total. The van der Waals surface area contributed by atoms with Crippen LogP contribution in [0.2, 0.25) is 0 Å². The Hall–Kier alpha value is -3.08. The predicted octanol–water partition coefficient (Wildman–Crippen LogP) is 6.95. The van der Waals surface area contributed by atoms with Crippen LogP contribution in [0.5, 0.6) is 0 Å². The zero-order valence-electron chi connectivity index (χ0n) is 22.5. The van der Waals surface area contributed by atoms with Gasteiger partial charge in [-0.1, -0.05) is 48.5 Å². The van der Waals surface area contributed by atoms with Crippen LogP contribution in [0.3, 0.4) is 0 Å². The van der Waals surface area contributed by atoms with Crippen molar-refractivity contribution in [3.05, 3.63) is 82.6 Å². The maximum absolute atomic E-state index is 12.1. The van der Waals surface area contributed by atoms with Gasteiger partial charge in [-0.05, 0) is 95.4 Å². The van der Waals surface area contributed by atoms with Crippen molar-refractivity contribution in [2.24, 2.45) is 0 Å². The van der Waals surface area contributed by atoms with Gasteiger partial charge in [0.15, 0.2) is 0 Å². The number of ether oxygens (including phenoxy) is 2. The summed E-state index contributed by atoms with van der Waals surface area (Å²) in [5, 5.41) is 9.42. The van der Waals surface area contributed by atoms with Crippen molar-refractivity contribution in [2.75, 3.05) is 0 Å². The molecule has 0 spiro atoms. The van der Waals surface area contributed by atoms with Gasteiger partial charge in [0.25, 0.3) is 0 Å². The molecule has 2 unspecified atom stereocenters. The van der Waals surface area contributed by atoms with Crippen molar-refractivity contribution in [1.82, 2.24) is 0 Å². The highest BCUT2D eigenvalue weighted by Crippen LogP contribution is 2.39. The van der Waals surface area contributed by atoms with E-state index in [1.807, 2.05) is 65.8 Å². The molecule has 0 heterocycles. The van der Waals surface area contributed by atoms with E-state index in [-0.39, 0.29) is 17.5 Å². The Morgan fingerprint density at radius 2 is 1.36 bits per heavy atom. The molecule has 2 aromatic rings. The predicted molar refractivity (Wildman–Crippen MR) is 142 cm³/mol. The average Bonchev–Trinajstić information content (AvgIpc) is 3.37. The van der Waals surface area contributed by atoms with Gasteiger partial charge in [0.05, 0.1) is 18.3 Å². The summed E-state index contributed by atoms with van der Waals surface area (Å²) in [6.07, 6.45) is 5.34. The van der Waals surface area contributed by atoms with E-state index in [1.165, 1.54) is 16.7 Å². The van der Waals surface area contributed by atoms with Crippen molar-refractivity contribution in [3.8, 4) is 0 Å². The second-order valence-electron chi connectivity index (χ2n) is 11.6. The molecule has 0 aromatic heterocycles. The number of hydrogen-bond acceptors (Lipinski definition) is 5. The number of rotatable bonds is 4. The van der Waals surface area contributed by atoms with E-state index in [0.29, 0.717) is 17.9 Å². The Kier molecular flexibility index (Phi) is 8.65. The van der Waals surface area contributed by atoms with Crippen LogP contribution in [0.1, 0.15) is 94.9 Å². The Morgan fingerprint density at radius 3 is 1.94 bits per heavy atom. The Bertz CT molecular complexity index is 1100. The molecule has 5 heteroatoms. The molecule has 2 aromatic carbocycles. The van der Waals surface area contributed by atoms with Crippen LogP contribution < -0.4 is 0 Å². The molecule has 4 rings (SSSR count). The summed E-state index contributed by atoms with van der Waals surface area (Å²) in [5.74, 6) is -0.229. The number of fused-ring (bicyclic) bond motifs is 2. The maximum atomic E-state index is 12.1. The minimum Gasteiger partial charge on any atom is -0.515 e. The van der Waals surface area contributed by atoms with Gasteiger partial charge >= 0.3 is 11.9 Å². The number of aryl methyl sites for hydroxylation is 2. The number of aliphatic hydroxyl groups is 1. The topological polar surface area (TPSA) is 72.8 Å². The van der Waals surface area contributed by atoms with Crippen LogP contribution in [-0.4, -0.2) is 28.2 Å². The van der Waals surface area contributed by atoms with Crippen LogP contribution >= 0.6 is 0 Å². The van der Waals surface area contributed by atoms with Crippen LogP contribution in [0.25, 0.3) is 0 Å². The molecule has 2 aliphatic carbocycles. The van der Waals surface area contributed by atoms with Crippen molar-refractivity contribution >= 4 is 11.9 Å². The van der Waals surface area contributed by atoms with E-state index in [0.717, 1.165) is 37.5 Å². The summed E-state index contributed by atoms with van der Waals surface area (Å²) in [4.78, 5) is 23.9. The molecular formula is C31H40O5. The van der Waals surface area contributed by atoms with Crippen molar-refractivity contribution in [2.45, 2.75) is 96.7 Å². The lowest BCUT2D eigenvalue weighted by atomic mass is 9.93. The normalized spacial score (nSPS) is 19.0. The Balaban J connectivity index is 0.000000202. The third-order valence-electron chi connectivity index (χ3n) is 6.37. The molecule has 0 fully saturated rings. The average molecular weight is 493 g/mol. The van der Waals surface area contributed by atoms with Crippen LogP contribution in [0, 0.1) is 0 Å². The largest absolute Gasteiger partial charge is 0.515 e. The SMILES string of the molecule is CC(C)(C)OC(=O)/C(=C/O)C1CCc2ccccc21.CC(C)(C)OC(=O)CC1CCc2ccccc21. The zero-order valence-corrected chi connectivity index (χ0v) is 22.5. The van der Waals surface area contributed by atoms with E-state index in [1.54, 1.807) is 0 Å². The monoisotopic (exact) mass is 492 g/mol. The lowest BCUT2D eigenvalue weighted by molar-refractivity contribution is -0.155. The van der Waals surface area contributed by atoms with Crippen LogP contribution in [0.15, 0.2) is 60.4 Å². The minimum atomic E-state index is -0.552. The maximum Gasteiger partial charge on any atom is 0.338 e. The van der Waals surface area contributed by atoms with Crippen LogP contribution in [0.4, 0.5) is 0 Å². The van der Waals surface area contributed by atoms with Crippen molar-refractivity contribution in [3.63, 3.8) is 0 Å². The number of hydrogen-bond donors (Lipinski definition) is 1. The molecule has 2 atom stereocenters. The lowest BCUT2D eigenvalue weighted by Gasteiger charge is -2.22. The summed E-state index contributed by atoms with van der Waals surface area (Å²) in [6.45, 7) is 11.2. The molecule has 5 nitrogen and oxygen atoms in total. The molecule has 2 aliphatic rings. The summed E-state index contributed by atoms with van der Waals surface area (Å²) in [6, 6.07) is 16.4. The third-order valence-corrected chi connectivity index (χ3v) is 6.37. The van der Waals surface area contributed by atoms with E-state index in [2.05, 4.69) is 24.3 Å². The highest BCUT2D eigenvalue weighted by Gasteiger charge is 2.32. The van der Waals surface area contributed by atoms with Gasteiger partial charge in [0.2, 0.25) is 0 Å². The zero-order chi connectivity index (χ0) is 26.5. The molecular weight excluding hydrogens is 452 g/mol. The first-order valence-corrected chi connectivity index (χ1v) is 12.8. The van der Waals surface area contributed by atoms with Crippen LogP contribution in [-0.2, 0) is 31.9 Å². The summed E-state index contributed by atoms with van der Waals surface area (Å²) < 4.78 is 10.7. The first-order valence-electron chi connectivity index (χ1n) is 12.8. The molecule has 36 heavy (non-hydrogen) atoms. The van der Waals surface area contributed by atoms with Gasteiger partial charge in [-0.15, -0.1) is 0 Å². The minimum absolute atomic E-state index is 0.0592. The first-order chi connectivity index (χ1) is 16.9. The summed E-state index contributed by atoms with van der Waals surface area (Å²) in [5.41, 5.74) is 4.50. The number of benzene rings is 2. The van der Waals surface area contributed by atoms with Crippen molar-refractivity contribution in [1.29, 1.82) is 0 Å². The highest BCUT2D eigenvalue weighted by molar-refractivity contribution is 5.90. The van der Waals surface area contributed by atoms with E-state index >= 15 is 0 Å². The fraction of sp³-hybridized carbons (Fsp3) is 0.484. The van der Waals surface area contributed by atoms with Gasteiger partial charge in [-0.3, -0.25) is 4.79 Å². The molecule has 0 saturated carbocycles. The molecule has 0 amide bonds. The number of carbonyl (C=O) groups is 2. The number of esters is 2. The first kappa shape index (κ1) is 27.5. The van der Waals surface area contributed by atoms with Gasteiger partial charge in [-0.2, -0.15) is 0 Å². The van der Waals surface area contributed by atoms with Gasteiger partial charge < -0.3 is 14.6 Å². The van der Waals surface area contributed by atoms with Gasteiger partial charge in [-0.25, -0.2) is 4.79 Å². The third kappa shape index (κ3) is 7.46. The lowest BCUT2D eigenvalue weighted by Crippen LogP contribution is -2.26. The highest BCUT2D eigenvalue weighted by atomic mass is 16.6. The van der Waals surface area contributed by atoms with Crippen molar-refractivity contribution < 1.29 is 24.2 Å². The quantitative estimate of drug-likeness (QED) is 0.284. The molecule has 0 bridgehead atoms. The van der Waals surface area contributed by atoms with Gasteiger partial charge in [0.1, 0.15) is 11.2 Å². The fourth-order valence-electron chi connectivity index (χ4n) is 4.94. The second-order valence-corrected chi connectivity index (χ2v) is 11.6. The number of aliphatic hydroxyl groups excluding tert-OH is 1. The standard InChI is InChI=1S/C16H20O3.C15H20O2/c1-16(2,3)19-15(18)14(10-17)13-9-8-11-6-4-5-7-12(11)13;1-15(2,3)17-14(16)10-12-9-8-11-6-4-5-7-13(11)12/h4-7,10,13,17H,8-9H2,1-3H3;4-7,12H,8-10H2,1-3H3/b14-10+;. The second kappa shape index (κ2) is 11.3. The van der Waals surface area contributed by atoms with Gasteiger partial charge in [0, 0.05) is 5.92 Å². The summed E-state index contributed by atoms with van der Waals surface area (Å²) >= 11 is 0. The molecule has 0 saturated heterocycles. The Labute approximate surface area is 215 Å². The van der Waals surface area contributed by atoms with E-state index in [4.69, 9.17) is 9.47 Å². The van der Waals surface area contributed by atoms with E-state index in [9.17, 15) is 14.7 Å². The fourth-order valence-corrected chi connectivity index (χ4v) is 4.94. The number of carbonyl (C=O) groups excluding carboxylic acids is 2. The molecule has 0 aliphatic heterocycles. The van der Waals surface area contributed by atoms with E-state index < -0.39 is 11.6 Å². The smallest absolute Gasteiger partial charge is 0.338 e. The molecule has 194 valence electrons. The summed E-state index contributed by atoms with van der Waals surface area (Å²) in [7, 11) is 0. The molecule has 0 radical (unpaired) electrons. The Morgan fingerprint density at radius 1 is 0.833 bits per heavy atom.